The molecule has 40 heavy (non-hydrogen) atoms. The quantitative estimate of drug-likeness (QED) is 0.236. The molecule has 6 heteroatoms. The molecule has 0 amide bonds. The van der Waals surface area contributed by atoms with E-state index in [1.807, 2.05) is 121 Å². The van der Waals surface area contributed by atoms with E-state index in [2.05, 4.69) is 0 Å². The van der Waals surface area contributed by atoms with E-state index in [-0.39, 0.29) is 6.61 Å². The Hall–Kier alpha value is -3.36. The molecule has 0 spiro atoms. The van der Waals surface area contributed by atoms with Crippen molar-refractivity contribution in [1.82, 2.24) is 0 Å². The highest BCUT2D eigenvalue weighted by Gasteiger charge is 2.48. The van der Waals surface area contributed by atoms with E-state index in [0.29, 0.717) is 26.4 Å². The van der Waals surface area contributed by atoms with Crippen molar-refractivity contribution in [3.8, 4) is 0 Å². The molecule has 0 aliphatic carbocycles. The lowest BCUT2D eigenvalue weighted by Crippen LogP contribution is -2.61. The number of aliphatic hydroxyl groups excluding tert-OH is 1. The van der Waals surface area contributed by atoms with Gasteiger partial charge in [-0.2, -0.15) is 0 Å². The Morgan fingerprint density at radius 3 is 1.30 bits per heavy atom. The third-order valence-electron chi connectivity index (χ3n) is 6.86. The molecule has 1 fully saturated rings. The molecule has 0 aromatic heterocycles. The van der Waals surface area contributed by atoms with Crippen LogP contribution in [0.15, 0.2) is 121 Å². The van der Waals surface area contributed by atoms with Gasteiger partial charge in [0.05, 0.1) is 33.0 Å². The van der Waals surface area contributed by atoms with Crippen molar-refractivity contribution in [2.24, 2.45) is 0 Å². The van der Waals surface area contributed by atoms with Gasteiger partial charge in [0.15, 0.2) is 6.29 Å². The summed E-state index contributed by atoms with van der Waals surface area (Å²) in [6.45, 7) is 1.65. The summed E-state index contributed by atoms with van der Waals surface area (Å²) in [4.78, 5) is 0. The molecular formula is C34H36O6. The molecule has 1 heterocycles. The maximum absolute atomic E-state index is 11.2. The second-order valence-corrected chi connectivity index (χ2v) is 9.85. The highest BCUT2D eigenvalue weighted by molar-refractivity contribution is 5.16. The lowest BCUT2D eigenvalue weighted by Gasteiger charge is -2.44. The minimum Gasteiger partial charge on any atom is -0.374 e. The first-order chi connectivity index (χ1) is 19.8. The average Bonchev–Trinajstić information content (AvgIpc) is 3.01. The molecule has 1 saturated heterocycles. The van der Waals surface area contributed by atoms with Gasteiger partial charge in [0.1, 0.15) is 24.4 Å². The van der Waals surface area contributed by atoms with Crippen molar-refractivity contribution < 1.29 is 28.8 Å². The van der Waals surface area contributed by atoms with E-state index in [0.717, 1.165) is 22.3 Å². The first-order valence-electron chi connectivity index (χ1n) is 13.7. The van der Waals surface area contributed by atoms with Crippen LogP contribution in [0.1, 0.15) is 22.3 Å². The second kappa shape index (κ2) is 14.9. The van der Waals surface area contributed by atoms with Gasteiger partial charge in [0.25, 0.3) is 0 Å². The largest absolute Gasteiger partial charge is 0.374 e. The van der Waals surface area contributed by atoms with Crippen LogP contribution in [-0.4, -0.2) is 42.4 Å². The molecule has 4 aromatic carbocycles. The lowest BCUT2D eigenvalue weighted by atomic mass is 9.98. The van der Waals surface area contributed by atoms with Gasteiger partial charge in [0, 0.05) is 0 Å². The van der Waals surface area contributed by atoms with E-state index < -0.39 is 30.7 Å². The van der Waals surface area contributed by atoms with E-state index >= 15 is 0 Å². The number of aliphatic hydroxyl groups is 1. The Morgan fingerprint density at radius 1 is 0.475 bits per heavy atom. The van der Waals surface area contributed by atoms with E-state index in [1.165, 1.54) is 0 Å². The zero-order chi connectivity index (χ0) is 27.4. The van der Waals surface area contributed by atoms with Crippen LogP contribution in [0.5, 0.6) is 0 Å². The van der Waals surface area contributed by atoms with Crippen LogP contribution < -0.4 is 0 Å². The summed E-state index contributed by atoms with van der Waals surface area (Å²) in [6.07, 6.45) is -3.72. The molecule has 1 N–H and O–H groups in total. The minimum atomic E-state index is -1.22. The second-order valence-electron chi connectivity index (χ2n) is 9.85. The van der Waals surface area contributed by atoms with Crippen molar-refractivity contribution in [2.45, 2.75) is 57.1 Å². The summed E-state index contributed by atoms with van der Waals surface area (Å²) in [5, 5.41) is 11.2. The van der Waals surface area contributed by atoms with Crippen LogP contribution in [0.4, 0.5) is 0 Å². The lowest BCUT2D eigenvalue weighted by molar-refractivity contribution is -0.317. The standard InChI is InChI=1S/C34H36O6/c35-34-33(39-24-29-19-11-4-12-20-29)32(38-23-28-17-9-3-10-18-28)31(37-22-27-15-7-2-8-16-27)30(40-34)25-36-21-26-13-5-1-6-14-26/h1-20,30-35H,21-25H2/t30-,31+,32-,33-,34?/m0/s1. The van der Waals surface area contributed by atoms with E-state index in [9.17, 15) is 5.11 Å². The van der Waals surface area contributed by atoms with Crippen LogP contribution >= 0.6 is 0 Å². The van der Waals surface area contributed by atoms with Gasteiger partial charge in [-0.15, -0.1) is 0 Å². The van der Waals surface area contributed by atoms with Gasteiger partial charge in [-0.1, -0.05) is 121 Å². The highest BCUT2D eigenvalue weighted by Crippen LogP contribution is 2.30. The molecule has 1 aliphatic heterocycles. The molecule has 0 bridgehead atoms. The van der Waals surface area contributed by atoms with E-state index in [1.54, 1.807) is 0 Å². The predicted molar refractivity (Wildman–Crippen MR) is 152 cm³/mol. The topological polar surface area (TPSA) is 66.4 Å². The molecule has 5 rings (SSSR count). The fraction of sp³-hybridized carbons (Fsp3) is 0.294. The van der Waals surface area contributed by atoms with Gasteiger partial charge in [-0.3, -0.25) is 0 Å². The fourth-order valence-corrected chi connectivity index (χ4v) is 4.77. The summed E-state index contributed by atoms with van der Waals surface area (Å²) in [5.74, 6) is 0. The molecule has 0 radical (unpaired) electrons. The first-order valence-corrected chi connectivity index (χ1v) is 13.7. The van der Waals surface area contributed by atoms with Crippen molar-refractivity contribution >= 4 is 0 Å². The zero-order valence-corrected chi connectivity index (χ0v) is 22.5. The Balaban J connectivity index is 1.36. The maximum Gasteiger partial charge on any atom is 0.184 e. The maximum atomic E-state index is 11.2. The van der Waals surface area contributed by atoms with Gasteiger partial charge in [-0.25, -0.2) is 0 Å². The highest BCUT2D eigenvalue weighted by atomic mass is 16.7. The monoisotopic (exact) mass is 540 g/mol. The molecule has 208 valence electrons. The van der Waals surface area contributed by atoms with Crippen LogP contribution in [0.3, 0.4) is 0 Å². The average molecular weight is 541 g/mol. The zero-order valence-electron chi connectivity index (χ0n) is 22.5. The fourth-order valence-electron chi connectivity index (χ4n) is 4.77. The Morgan fingerprint density at radius 2 is 0.850 bits per heavy atom. The molecule has 1 aliphatic rings. The smallest absolute Gasteiger partial charge is 0.184 e. The Bertz CT molecular complexity index is 1240. The summed E-state index contributed by atoms with van der Waals surface area (Å²) in [7, 11) is 0. The molecule has 5 atom stereocenters. The van der Waals surface area contributed by atoms with Crippen LogP contribution in [0, 0.1) is 0 Å². The summed E-state index contributed by atoms with van der Waals surface area (Å²) in [5.41, 5.74) is 4.10. The summed E-state index contributed by atoms with van der Waals surface area (Å²) < 4.78 is 31.4. The van der Waals surface area contributed by atoms with Crippen molar-refractivity contribution in [3.63, 3.8) is 0 Å². The van der Waals surface area contributed by atoms with Crippen LogP contribution in [0.25, 0.3) is 0 Å². The normalized spacial score (nSPS) is 22.7. The molecule has 6 nitrogen and oxygen atoms in total. The van der Waals surface area contributed by atoms with Gasteiger partial charge < -0.3 is 28.8 Å². The number of ether oxygens (including phenoxy) is 5. The first kappa shape index (κ1) is 28.2. The molecule has 4 aromatic rings. The molecular weight excluding hydrogens is 504 g/mol. The van der Waals surface area contributed by atoms with Gasteiger partial charge in [-0.05, 0) is 22.3 Å². The number of hydrogen-bond acceptors (Lipinski definition) is 6. The third kappa shape index (κ3) is 8.08. The van der Waals surface area contributed by atoms with Crippen molar-refractivity contribution in [1.29, 1.82) is 0 Å². The number of hydrogen-bond donors (Lipinski definition) is 1. The third-order valence-corrected chi connectivity index (χ3v) is 6.86. The summed E-state index contributed by atoms with van der Waals surface area (Å²) in [6, 6.07) is 39.7. The van der Waals surface area contributed by atoms with Gasteiger partial charge >= 0.3 is 0 Å². The Kier molecular flexibility index (Phi) is 10.5. The van der Waals surface area contributed by atoms with Crippen LogP contribution in [-0.2, 0) is 50.1 Å². The SMILES string of the molecule is OC1O[C@@H](COCc2ccccc2)[C@@H](OCc2ccccc2)[C@H](OCc2ccccc2)[C@@H]1OCc1ccccc1. The Labute approximate surface area is 236 Å². The number of rotatable bonds is 13. The predicted octanol–water partition coefficient (Wildman–Crippen LogP) is 5.68. The molecule has 0 saturated carbocycles. The van der Waals surface area contributed by atoms with Crippen LogP contribution in [0.2, 0.25) is 0 Å². The van der Waals surface area contributed by atoms with Gasteiger partial charge in [0.2, 0.25) is 0 Å². The summed E-state index contributed by atoms with van der Waals surface area (Å²) >= 11 is 0. The minimum absolute atomic E-state index is 0.224. The molecule has 1 unspecified atom stereocenters. The van der Waals surface area contributed by atoms with Crippen molar-refractivity contribution in [3.05, 3.63) is 144 Å². The number of benzene rings is 4. The van der Waals surface area contributed by atoms with E-state index in [4.69, 9.17) is 23.7 Å². The van der Waals surface area contributed by atoms with Crippen molar-refractivity contribution in [2.75, 3.05) is 6.61 Å².